The fraction of sp³-hybridized carbons (Fsp3) is 0.375. The molecule has 2 aromatic rings. The Labute approximate surface area is 188 Å². The molecule has 0 aliphatic heterocycles. The Kier molecular flexibility index (Phi) is 10.5. The summed E-state index contributed by atoms with van der Waals surface area (Å²) in [5.41, 5.74) is 1.56. The molecule has 0 bridgehead atoms. The van der Waals surface area contributed by atoms with Gasteiger partial charge in [0.1, 0.15) is 5.75 Å². The molecule has 2 amide bonds. The van der Waals surface area contributed by atoms with Crippen LogP contribution >= 0.6 is 15.9 Å². The van der Waals surface area contributed by atoms with Gasteiger partial charge in [0.2, 0.25) is 0 Å². The molecule has 0 fully saturated rings. The Morgan fingerprint density at radius 3 is 2.37 bits per heavy atom. The number of carbonyl (C=O) groups excluding carboxylic acids is 1. The molecule has 0 saturated heterocycles. The number of likely N-dealkylation sites (N-methyl/N-ethyl adjacent to an activating group) is 1. The number of carbonyl (C=O) groups is 1. The average molecular weight is 474 g/mol. The van der Waals surface area contributed by atoms with Crippen molar-refractivity contribution >= 4 is 33.3 Å². The monoisotopic (exact) mass is 473 g/mol. The quantitative estimate of drug-likeness (QED) is 0.295. The van der Waals surface area contributed by atoms with E-state index in [1.54, 1.807) is 11.9 Å². The van der Waals surface area contributed by atoms with Gasteiger partial charge in [0.05, 0.1) is 6.61 Å². The minimum absolute atomic E-state index is 0.190. The Morgan fingerprint density at radius 2 is 1.70 bits per heavy atom. The summed E-state index contributed by atoms with van der Waals surface area (Å²) in [4.78, 5) is 16.3. The van der Waals surface area contributed by atoms with Crippen molar-refractivity contribution in [1.82, 2.24) is 4.90 Å². The number of ether oxygens (including phenoxy) is 1. The normalized spacial score (nSPS) is 10.7. The van der Waals surface area contributed by atoms with E-state index < -0.39 is 0 Å². The van der Waals surface area contributed by atoms with Crippen molar-refractivity contribution in [3.8, 4) is 5.75 Å². The highest BCUT2D eigenvalue weighted by Gasteiger charge is 2.11. The van der Waals surface area contributed by atoms with Crippen LogP contribution in [0.15, 0.2) is 65.7 Å². The van der Waals surface area contributed by atoms with Crippen LogP contribution < -0.4 is 15.0 Å². The maximum Gasteiger partial charge on any atom is 0.326 e. The first-order valence-corrected chi connectivity index (χ1v) is 11.1. The second kappa shape index (κ2) is 13.1. The van der Waals surface area contributed by atoms with E-state index in [1.807, 2.05) is 54.6 Å². The highest BCUT2D eigenvalue weighted by molar-refractivity contribution is 9.10. The predicted molar refractivity (Wildman–Crippen MR) is 130 cm³/mol. The summed E-state index contributed by atoms with van der Waals surface area (Å²) in [5.74, 6) is 0.825. The zero-order valence-electron chi connectivity index (χ0n) is 17.9. The van der Waals surface area contributed by atoms with Crippen LogP contribution in [0.2, 0.25) is 0 Å². The predicted octanol–water partition coefficient (Wildman–Crippen LogP) is 6.17. The van der Waals surface area contributed by atoms with E-state index in [4.69, 9.17) is 4.74 Å². The second-order valence-corrected chi connectivity index (χ2v) is 8.22. The van der Waals surface area contributed by atoms with Gasteiger partial charge < -0.3 is 15.0 Å². The number of unbranched alkanes of at least 4 members (excludes halogenated alkanes) is 3. The van der Waals surface area contributed by atoms with Gasteiger partial charge in [0.15, 0.2) is 0 Å². The molecule has 1 N–H and O–H groups in total. The van der Waals surface area contributed by atoms with E-state index in [1.165, 1.54) is 19.3 Å². The smallest absolute Gasteiger partial charge is 0.326 e. The molecule has 0 radical (unpaired) electrons. The van der Waals surface area contributed by atoms with Gasteiger partial charge in [-0.3, -0.25) is 4.90 Å². The number of amides is 2. The molecule has 0 saturated carbocycles. The number of benzene rings is 2. The van der Waals surface area contributed by atoms with Crippen LogP contribution in [-0.4, -0.2) is 44.7 Å². The molecule has 0 unspecified atom stereocenters. The lowest BCUT2D eigenvalue weighted by Crippen LogP contribution is -2.31. The first kappa shape index (κ1) is 24.0. The molecule has 30 heavy (non-hydrogen) atoms. The topological polar surface area (TPSA) is 44.8 Å². The molecule has 0 heterocycles. The summed E-state index contributed by atoms with van der Waals surface area (Å²) in [6.07, 6.45) is 6.56. The summed E-state index contributed by atoms with van der Waals surface area (Å²) in [6.45, 7) is 6.52. The van der Waals surface area contributed by atoms with Gasteiger partial charge in [0.25, 0.3) is 0 Å². The SMILES string of the molecule is C=CCN(C)CCCCCCOc1ccc(N(C)C(=O)Nc2ccc(Br)cc2)cc1. The number of urea groups is 1. The molecular weight excluding hydrogens is 442 g/mol. The Hall–Kier alpha value is -2.31. The van der Waals surface area contributed by atoms with Crippen molar-refractivity contribution in [1.29, 1.82) is 0 Å². The maximum absolute atomic E-state index is 12.4. The highest BCUT2D eigenvalue weighted by atomic mass is 79.9. The third-order valence-electron chi connectivity index (χ3n) is 4.77. The molecule has 0 spiro atoms. The summed E-state index contributed by atoms with van der Waals surface area (Å²) >= 11 is 3.39. The molecule has 0 aliphatic rings. The molecule has 6 heteroatoms. The van der Waals surface area contributed by atoms with E-state index in [0.717, 1.165) is 41.1 Å². The Balaban J connectivity index is 1.68. The molecule has 0 aromatic heterocycles. The lowest BCUT2D eigenvalue weighted by atomic mass is 10.2. The second-order valence-electron chi connectivity index (χ2n) is 7.30. The Morgan fingerprint density at radius 1 is 1.03 bits per heavy atom. The number of hydrogen-bond acceptors (Lipinski definition) is 3. The first-order valence-electron chi connectivity index (χ1n) is 10.3. The lowest BCUT2D eigenvalue weighted by Gasteiger charge is -2.18. The van der Waals surface area contributed by atoms with Gasteiger partial charge in [-0.2, -0.15) is 0 Å². The highest BCUT2D eigenvalue weighted by Crippen LogP contribution is 2.20. The summed E-state index contributed by atoms with van der Waals surface area (Å²) in [5, 5.41) is 2.88. The van der Waals surface area contributed by atoms with Crippen molar-refractivity contribution in [2.24, 2.45) is 0 Å². The van der Waals surface area contributed by atoms with Gasteiger partial charge in [-0.25, -0.2) is 4.79 Å². The van der Waals surface area contributed by atoms with Crippen LogP contribution in [0.3, 0.4) is 0 Å². The van der Waals surface area contributed by atoms with E-state index >= 15 is 0 Å². The first-order chi connectivity index (χ1) is 14.5. The maximum atomic E-state index is 12.4. The minimum Gasteiger partial charge on any atom is -0.494 e. The minimum atomic E-state index is -0.190. The van der Waals surface area contributed by atoms with E-state index in [9.17, 15) is 4.79 Å². The van der Waals surface area contributed by atoms with Crippen molar-refractivity contribution < 1.29 is 9.53 Å². The number of nitrogens with one attached hydrogen (secondary N) is 1. The van der Waals surface area contributed by atoms with Gasteiger partial charge in [-0.05, 0) is 75.0 Å². The van der Waals surface area contributed by atoms with Crippen LogP contribution in [0.1, 0.15) is 25.7 Å². The van der Waals surface area contributed by atoms with Gasteiger partial charge in [-0.15, -0.1) is 6.58 Å². The molecule has 2 rings (SSSR count). The van der Waals surface area contributed by atoms with Crippen LogP contribution in [0, 0.1) is 0 Å². The fourth-order valence-corrected chi connectivity index (χ4v) is 3.23. The number of nitrogens with zero attached hydrogens (tertiary/aromatic N) is 2. The van der Waals surface area contributed by atoms with Crippen molar-refractivity contribution in [3.63, 3.8) is 0 Å². The summed E-state index contributed by atoms with van der Waals surface area (Å²) in [7, 11) is 3.87. The van der Waals surface area contributed by atoms with E-state index in [0.29, 0.717) is 6.61 Å². The zero-order valence-corrected chi connectivity index (χ0v) is 19.5. The molecule has 162 valence electrons. The molecule has 2 aromatic carbocycles. The molecule has 0 atom stereocenters. The van der Waals surface area contributed by atoms with Crippen molar-refractivity contribution in [2.75, 3.05) is 44.0 Å². The lowest BCUT2D eigenvalue weighted by molar-refractivity contribution is 0.258. The molecular formula is C24H32BrN3O2. The third kappa shape index (κ3) is 8.59. The van der Waals surface area contributed by atoms with Crippen molar-refractivity contribution in [3.05, 3.63) is 65.7 Å². The summed E-state index contributed by atoms with van der Waals surface area (Å²) in [6, 6.07) is 14.9. The van der Waals surface area contributed by atoms with Crippen molar-refractivity contribution in [2.45, 2.75) is 25.7 Å². The van der Waals surface area contributed by atoms with Crippen LogP contribution in [-0.2, 0) is 0 Å². The van der Waals surface area contributed by atoms with Gasteiger partial charge >= 0.3 is 6.03 Å². The number of halogens is 1. The number of hydrogen-bond donors (Lipinski definition) is 1. The average Bonchev–Trinajstić information content (AvgIpc) is 2.74. The fourth-order valence-electron chi connectivity index (χ4n) is 2.96. The van der Waals surface area contributed by atoms with E-state index in [2.05, 4.69) is 39.8 Å². The van der Waals surface area contributed by atoms with E-state index in [-0.39, 0.29) is 6.03 Å². The van der Waals surface area contributed by atoms with Crippen LogP contribution in [0.5, 0.6) is 5.75 Å². The third-order valence-corrected chi connectivity index (χ3v) is 5.30. The van der Waals surface area contributed by atoms with Crippen LogP contribution in [0.4, 0.5) is 16.2 Å². The molecule has 5 nitrogen and oxygen atoms in total. The largest absolute Gasteiger partial charge is 0.494 e. The summed E-state index contributed by atoms with van der Waals surface area (Å²) < 4.78 is 6.80. The molecule has 0 aliphatic carbocycles. The van der Waals surface area contributed by atoms with Gasteiger partial charge in [-0.1, -0.05) is 34.8 Å². The number of anilines is 2. The van der Waals surface area contributed by atoms with Crippen LogP contribution in [0.25, 0.3) is 0 Å². The number of rotatable bonds is 12. The Bertz CT molecular complexity index is 778. The zero-order chi connectivity index (χ0) is 21.8. The standard InChI is InChI=1S/C24H32BrN3O2/c1-4-17-27(2)18-7-5-6-8-19-30-23-15-13-22(14-16-23)28(3)24(29)26-21-11-9-20(25)10-12-21/h4,9-16H,1,5-8,17-19H2,2-3H3,(H,26,29). The van der Waals surface area contributed by atoms with Gasteiger partial charge in [0, 0.05) is 29.4 Å².